The molecule has 148 valence electrons. The Labute approximate surface area is 165 Å². The molecule has 1 aliphatic heterocycles. The predicted molar refractivity (Wildman–Crippen MR) is 109 cm³/mol. The van der Waals surface area contributed by atoms with E-state index in [1.807, 2.05) is 38.1 Å². The van der Waals surface area contributed by atoms with Crippen molar-refractivity contribution in [2.24, 2.45) is 0 Å². The molecule has 2 aromatic rings. The summed E-state index contributed by atoms with van der Waals surface area (Å²) in [5.41, 5.74) is 4.87. The Kier molecular flexibility index (Phi) is 6.31. The Hall–Kier alpha value is -2.86. The minimum atomic E-state index is -0.475. The van der Waals surface area contributed by atoms with Crippen LogP contribution in [0.25, 0.3) is 0 Å². The number of hydrogen-bond acceptors (Lipinski definition) is 5. The van der Waals surface area contributed by atoms with E-state index in [4.69, 9.17) is 9.47 Å². The molecule has 0 saturated carbocycles. The number of morpholine rings is 1. The van der Waals surface area contributed by atoms with Crippen LogP contribution < -0.4 is 10.2 Å². The summed E-state index contributed by atoms with van der Waals surface area (Å²) >= 11 is 0. The summed E-state index contributed by atoms with van der Waals surface area (Å²) in [6.45, 7) is 6.82. The highest BCUT2D eigenvalue weighted by atomic mass is 16.5. The lowest BCUT2D eigenvalue weighted by atomic mass is 10.0. The Bertz CT molecular complexity index is 873. The Morgan fingerprint density at radius 2 is 1.86 bits per heavy atom. The van der Waals surface area contributed by atoms with Gasteiger partial charge in [-0.2, -0.15) is 0 Å². The first kappa shape index (κ1) is 19.9. The van der Waals surface area contributed by atoms with E-state index in [-0.39, 0.29) is 12.3 Å². The highest BCUT2D eigenvalue weighted by molar-refractivity contribution is 6.02. The largest absolute Gasteiger partial charge is 0.465 e. The molecule has 0 atom stereocenters. The van der Waals surface area contributed by atoms with Gasteiger partial charge in [-0.25, -0.2) is 4.79 Å². The number of amides is 1. The lowest BCUT2D eigenvalue weighted by Crippen LogP contribution is -2.36. The molecule has 1 fully saturated rings. The fraction of sp³-hybridized carbons (Fsp3) is 0.364. The molecular weight excluding hydrogens is 356 g/mol. The number of methoxy groups -OCH3 is 1. The summed E-state index contributed by atoms with van der Waals surface area (Å²) in [6, 6.07) is 11.5. The summed E-state index contributed by atoms with van der Waals surface area (Å²) in [6.07, 6.45) is 0.249. The molecule has 0 aromatic heterocycles. The lowest BCUT2D eigenvalue weighted by Gasteiger charge is -2.29. The number of benzene rings is 2. The molecule has 0 spiro atoms. The smallest absolute Gasteiger partial charge is 0.340 e. The van der Waals surface area contributed by atoms with Crippen molar-refractivity contribution in [1.82, 2.24) is 0 Å². The van der Waals surface area contributed by atoms with Crippen LogP contribution in [0.4, 0.5) is 11.4 Å². The molecular formula is C22H26N2O4. The van der Waals surface area contributed by atoms with Gasteiger partial charge in [-0.1, -0.05) is 23.8 Å². The Morgan fingerprint density at radius 1 is 1.11 bits per heavy atom. The average molecular weight is 382 g/mol. The Balaban J connectivity index is 1.80. The minimum Gasteiger partial charge on any atom is -0.465 e. The first-order valence-electron chi connectivity index (χ1n) is 9.39. The van der Waals surface area contributed by atoms with E-state index in [1.54, 1.807) is 12.1 Å². The molecule has 0 bridgehead atoms. The van der Waals surface area contributed by atoms with E-state index in [9.17, 15) is 9.59 Å². The van der Waals surface area contributed by atoms with Gasteiger partial charge in [0.15, 0.2) is 0 Å². The summed E-state index contributed by atoms with van der Waals surface area (Å²) < 4.78 is 10.3. The van der Waals surface area contributed by atoms with Crippen LogP contribution in [0.5, 0.6) is 0 Å². The second kappa shape index (κ2) is 8.89. The van der Waals surface area contributed by atoms with Crippen molar-refractivity contribution < 1.29 is 19.1 Å². The average Bonchev–Trinajstić information content (AvgIpc) is 2.71. The molecule has 0 radical (unpaired) electrons. The molecule has 1 saturated heterocycles. The predicted octanol–water partition coefficient (Wildman–Crippen LogP) is 3.11. The van der Waals surface area contributed by atoms with Crippen LogP contribution in [-0.2, 0) is 20.7 Å². The van der Waals surface area contributed by atoms with Gasteiger partial charge in [0.05, 0.1) is 38.0 Å². The molecule has 0 aliphatic carbocycles. The summed E-state index contributed by atoms with van der Waals surface area (Å²) in [5, 5.41) is 2.87. The third-order valence-corrected chi connectivity index (χ3v) is 4.91. The van der Waals surface area contributed by atoms with Crippen molar-refractivity contribution in [2.75, 3.05) is 43.6 Å². The van der Waals surface area contributed by atoms with E-state index in [0.717, 1.165) is 35.5 Å². The van der Waals surface area contributed by atoms with Gasteiger partial charge in [0, 0.05) is 18.8 Å². The molecule has 2 aromatic carbocycles. The van der Waals surface area contributed by atoms with Crippen LogP contribution in [0.2, 0.25) is 0 Å². The van der Waals surface area contributed by atoms with Crippen molar-refractivity contribution in [2.45, 2.75) is 20.3 Å². The van der Waals surface area contributed by atoms with Gasteiger partial charge in [0.2, 0.25) is 5.91 Å². The summed E-state index contributed by atoms with van der Waals surface area (Å²) in [4.78, 5) is 27.0. The zero-order valence-electron chi connectivity index (χ0n) is 16.6. The number of carbonyl (C=O) groups is 2. The van der Waals surface area contributed by atoms with Crippen LogP contribution in [0.3, 0.4) is 0 Å². The van der Waals surface area contributed by atoms with Crippen LogP contribution in [-0.4, -0.2) is 45.3 Å². The van der Waals surface area contributed by atoms with Crippen LogP contribution in [0.15, 0.2) is 36.4 Å². The second-order valence-corrected chi connectivity index (χ2v) is 6.98. The molecule has 1 heterocycles. The number of nitrogens with zero attached hydrogens (tertiary/aromatic N) is 1. The first-order valence-corrected chi connectivity index (χ1v) is 9.39. The first-order chi connectivity index (χ1) is 13.5. The van der Waals surface area contributed by atoms with Gasteiger partial charge >= 0.3 is 5.97 Å². The van der Waals surface area contributed by atoms with E-state index in [2.05, 4.69) is 10.2 Å². The molecule has 0 unspecified atom stereocenters. The van der Waals surface area contributed by atoms with Crippen molar-refractivity contribution in [3.63, 3.8) is 0 Å². The number of rotatable bonds is 5. The van der Waals surface area contributed by atoms with Gasteiger partial charge in [-0.05, 0) is 43.2 Å². The van der Waals surface area contributed by atoms with Gasteiger partial charge in [0.1, 0.15) is 0 Å². The molecule has 28 heavy (non-hydrogen) atoms. The third-order valence-electron chi connectivity index (χ3n) is 4.91. The second-order valence-electron chi connectivity index (χ2n) is 6.98. The highest BCUT2D eigenvalue weighted by Crippen LogP contribution is 2.25. The number of hydrogen-bond donors (Lipinski definition) is 1. The number of esters is 1. The SMILES string of the molecule is COC(=O)c1cc(N2CCOCC2)ccc1NC(=O)Cc1cc(C)ccc1C. The number of aryl methyl sites for hydroxylation is 2. The zero-order chi connectivity index (χ0) is 20.1. The number of carbonyl (C=O) groups excluding carboxylic acids is 2. The normalized spacial score (nSPS) is 13.9. The molecule has 1 aliphatic rings. The van der Waals surface area contributed by atoms with E-state index in [0.29, 0.717) is 24.5 Å². The minimum absolute atomic E-state index is 0.169. The van der Waals surface area contributed by atoms with Gasteiger partial charge in [-0.15, -0.1) is 0 Å². The topological polar surface area (TPSA) is 67.9 Å². The highest BCUT2D eigenvalue weighted by Gasteiger charge is 2.19. The van der Waals surface area contributed by atoms with Crippen LogP contribution in [0, 0.1) is 13.8 Å². The Morgan fingerprint density at radius 3 is 2.57 bits per heavy atom. The van der Waals surface area contributed by atoms with E-state index >= 15 is 0 Å². The monoisotopic (exact) mass is 382 g/mol. The zero-order valence-corrected chi connectivity index (χ0v) is 16.6. The number of nitrogens with one attached hydrogen (secondary N) is 1. The van der Waals surface area contributed by atoms with Gasteiger partial charge in [-0.3, -0.25) is 4.79 Å². The summed E-state index contributed by atoms with van der Waals surface area (Å²) in [5.74, 6) is -0.643. The summed E-state index contributed by atoms with van der Waals surface area (Å²) in [7, 11) is 1.34. The maximum absolute atomic E-state index is 12.6. The molecule has 1 N–H and O–H groups in total. The molecule has 6 nitrogen and oxygen atoms in total. The van der Waals surface area contributed by atoms with Gasteiger partial charge < -0.3 is 19.7 Å². The van der Waals surface area contributed by atoms with Crippen molar-refractivity contribution in [3.05, 3.63) is 58.7 Å². The maximum Gasteiger partial charge on any atom is 0.340 e. The third kappa shape index (κ3) is 4.70. The molecule has 1 amide bonds. The van der Waals surface area contributed by atoms with Crippen LogP contribution in [0.1, 0.15) is 27.0 Å². The van der Waals surface area contributed by atoms with E-state index < -0.39 is 5.97 Å². The fourth-order valence-electron chi connectivity index (χ4n) is 3.30. The van der Waals surface area contributed by atoms with Crippen molar-refractivity contribution in [3.8, 4) is 0 Å². The van der Waals surface area contributed by atoms with Crippen molar-refractivity contribution in [1.29, 1.82) is 0 Å². The molecule has 3 rings (SSSR count). The lowest BCUT2D eigenvalue weighted by molar-refractivity contribution is -0.115. The van der Waals surface area contributed by atoms with Gasteiger partial charge in [0.25, 0.3) is 0 Å². The van der Waals surface area contributed by atoms with Crippen LogP contribution >= 0.6 is 0 Å². The quantitative estimate of drug-likeness (QED) is 0.805. The van der Waals surface area contributed by atoms with E-state index in [1.165, 1.54) is 7.11 Å². The maximum atomic E-state index is 12.6. The number of ether oxygens (including phenoxy) is 2. The standard InChI is InChI=1S/C22H26N2O4/c1-15-4-5-16(2)17(12-15)13-21(25)23-20-7-6-18(14-19(20)22(26)27-3)24-8-10-28-11-9-24/h4-7,12,14H,8-11,13H2,1-3H3,(H,23,25). The van der Waals surface area contributed by atoms with Crippen molar-refractivity contribution >= 4 is 23.3 Å². The number of anilines is 2. The fourth-order valence-corrected chi connectivity index (χ4v) is 3.30. The molecule has 6 heteroatoms.